The minimum Gasteiger partial charge on any atom is -0.340 e. The third-order valence-electron chi connectivity index (χ3n) is 3.01. The molecule has 0 spiro atoms. The highest BCUT2D eigenvalue weighted by atomic mass is 17.1. The van der Waals surface area contributed by atoms with E-state index in [0.29, 0.717) is 5.56 Å². The number of nitrogens with zero attached hydrogens (tertiary/aromatic N) is 1. The van der Waals surface area contributed by atoms with Crippen LogP contribution in [0.25, 0.3) is 0 Å². The van der Waals surface area contributed by atoms with E-state index in [4.69, 9.17) is 5.26 Å². The molecule has 0 atom stereocenters. The van der Waals surface area contributed by atoms with Gasteiger partial charge in [-0.1, -0.05) is 41.5 Å². The van der Waals surface area contributed by atoms with Crippen molar-refractivity contribution in [3.05, 3.63) is 33.4 Å². The second kappa shape index (κ2) is 4.81. The Bertz CT molecular complexity index is 495. The van der Waals surface area contributed by atoms with Crippen LogP contribution in [0, 0.1) is 10.1 Å². The molecule has 19 heavy (non-hydrogen) atoms. The van der Waals surface area contributed by atoms with Gasteiger partial charge in [-0.3, -0.25) is 10.1 Å². The van der Waals surface area contributed by atoms with Crippen LogP contribution >= 0.6 is 0 Å². The molecule has 0 unspecified atom stereocenters. The first-order chi connectivity index (χ1) is 8.48. The number of hydrogen-bond donors (Lipinski definition) is 1. The van der Waals surface area contributed by atoms with E-state index in [1.54, 1.807) is 6.07 Å². The first-order valence-corrected chi connectivity index (χ1v) is 6.13. The summed E-state index contributed by atoms with van der Waals surface area (Å²) < 4.78 is 0. The molecule has 0 aliphatic rings. The summed E-state index contributed by atoms with van der Waals surface area (Å²) in [6.07, 6.45) is 0. The average Bonchev–Trinajstić information content (AvgIpc) is 2.24. The van der Waals surface area contributed by atoms with Crippen molar-refractivity contribution in [2.45, 2.75) is 52.4 Å². The highest BCUT2D eigenvalue weighted by Crippen LogP contribution is 2.40. The van der Waals surface area contributed by atoms with E-state index in [1.165, 1.54) is 6.07 Å². The van der Waals surface area contributed by atoms with Crippen molar-refractivity contribution in [1.29, 1.82) is 0 Å². The van der Waals surface area contributed by atoms with Gasteiger partial charge in [-0.05, 0) is 16.9 Å². The molecule has 0 fully saturated rings. The first-order valence-electron chi connectivity index (χ1n) is 6.13. The first kappa shape index (κ1) is 15.4. The predicted octanol–water partition coefficient (Wildman–Crippen LogP) is 4.04. The van der Waals surface area contributed by atoms with E-state index in [-0.39, 0.29) is 22.3 Å². The van der Waals surface area contributed by atoms with Crippen molar-refractivity contribution in [1.82, 2.24) is 0 Å². The average molecular weight is 267 g/mol. The van der Waals surface area contributed by atoms with Crippen LogP contribution in [0.15, 0.2) is 12.1 Å². The molecule has 0 radical (unpaired) electrons. The molecule has 1 aromatic rings. The fraction of sp³-hybridized carbons (Fsp3) is 0.571. The van der Waals surface area contributed by atoms with Crippen molar-refractivity contribution in [2.75, 3.05) is 0 Å². The quantitative estimate of drug-likeness (QED) is 0.498. The minimum atomic E-state index is -0.449. The lowest BCUT2D eigenvalue weighted by Crippen LogP contribution is -2.19. The van der Waals surface area contributed by atoms with E-state index in [0.717, 1.165) is 5.56 Å². The molecule has 5 heteroatoms. The Morgan fingerprint density at radius 2 is 1.53 bits per heavy atom. The number of nitro benzene ring substituents is 1. The molecule has 0 bridgehead atoms. The molecule has 0 aliphatic carbocycles. The standard InChI is InChI=1S/C14H21NO4/c1-13(2,3)9-7-10(14(4,5)6)12(19-18)8-11(9)15(16)17/h7-8,18H,1-6H3. The number of benzene rings is 1. The summed E-state index contributed by atoms with van der Waals surface area (Å²) in [5.41, 5.74) is 0.683. The van der Waals surface area contributed by atoms with Gasteiger partial charge in [0.25, 0.3) is 5.69 Å². The molecule has 1 N–H and O–H groups in total. The Kier molecular flexibility index (Phi) is 3.91. The molecule has 0 amide bonds. The van der Waals surface area contributed by atoms with Gasteiger partial charge in [0, 0.05) is 11.1 Å². The van der Waals surface area contributed by atoms with Gasteiger partial charge < -0.3 is 4.89 Å². The van der Waals surface area contributed by atoms with Gasteiger partial charge in [0.1, 0.15) is 0 Å². The zero-order valence-corrected chi connectivity index (χ0v) is 12.3. The molecule has 1 rings (SSSR count). The van der Waals surface area contributed by atoms with Gasteiger partial charge in [-0.2, -0.15) is 0 Å². The number of nitro groups is 1. The Morgan fingerprint density at radius 3 is 1.84 bits per heavy atom. The normalized spacial score (nSPS) is 12.4. The molecule has 106 valence electrons. The smallest absolute Gasteiger partial charge is 0.276 e. The summed E-state index contributed by atoms with van der Waals surface area (Å²) in [5, 5.41) is 20.1. The van der Waals surface area contributed by atoms with Crippen molar-refractivity contribution in [3.8, 4) is 5.75 Å². The summed E-state index contributed by atoms with van der Waals surface area (Å²) in [4.78, 5) is 15.0. The van der Waals surface area contributed by atoms with Crippen LogP contribution in [0.2, 0.25) is 0 Å². The molecule has 5 nitrogen and oxygen atoms in total. The monoisotopic (exact) mass is 267 g/mol. The van der Waals surface area contributed by atoms with Crippen molar-refractivity contribution in [2.24, 2.45) is 0 Å². The minimum absolute atomic E-state index is 0.0375. The predicted molar refractivity (Wildman–Crippen MR) is 73.8 cm³/mol. The highest BCUT2D eigenvalue weighted by molar-refractivity contribution is 5.55. The SMILES string of the molecule is CC(C)(C)c1cc(C(C)(C)C)c([N+](=O)[O-])cc1OO. The molecule has 0 aromatic heterocycles. The van der Waals surface area contributed by atoms with E-state index < -0.39 is 4.92 Å². The third-order valence-corrected chi connectivity index (χ3v) is 3.01. The second-order valence-electron chi connectivity index (χ2n) is 6.71. The van der Waals surface area contributed by atoms with E-state index in [1.807, 2.05) is 41.5 Å². The summed E-state index contributed by atoms with van der Waals surface area (Å²) in [7, 11) is 0. The van der Waals surface area contributed by atoms with Gasteiger partial charge in [-0.15, -0.1) is 0 Å². The maximum atomic E-state index is 11.2. The van der Waals surface area contributed by atoms with Crippen LogP contribution in [0.5, 0.6) is 5.75 Å². The maximum absolute atomic E-state index is 11.2. The summed E-state index contributed by atoms with van der Waals surface area (Å²) in [6.45, 7) is 11.6. The second-order valence-corrected chi connectivity index (χ2v) is 6.71. The zero-order valence-electron chi connectivity index (χ0n) is 12.3. The summed E-state index contributed by atoms with van der Waals surface area (Å²) in [5.74, 6) is 0.132. The lowest BCUT2D eigenvalue weighted by atomic mass is 9.79. The van der Waals surface area contributed by atoms with E-state index in [9.17, 15) is 10.1 Å². The van der Waals surface area contributed by atoms with Gasteiger partial charge in [0.05, 0.1) is 11.0 Å². The Labute approximate surface area is 113 Å². The Hall–Kier alpha value is -1.62. The largest absolute Gasteiger partial charge is 0.340 e. The molecular weight excluding hydrogens is 246 g/mol. The van der Waals surface area contributed by atoms with Crippen LogP contribution in [0.4, 0.5) is 5.69 Å². The van der Waals surface area contributed by atoms with Crippen LogP contribution in [0.3, 0.4) is 0 Å². The molecule has 0 heterocycles. The Morgan fingerprint density at radius 1 is 1.05 bits per heavy atom. The molecule has 1 aromatic carbocycles. The van der Waals surface area contributed by atoms with Gasteiger partial charge in [-0.25, -0.2) is 5.26 Å². The molecule has 0 aliphatic heterocycles. The summed E-state index contributed by atoms with van der Waals surface area (Å²) in [6, 6.07) is 3.05. The third kappa shape index (κ3) is 3.23. The number of hydrogen-bond acceptors (Lipinski definition) is 4. The van der Waals surface area contributed by atoms with E-state index in [2.05, 4.69) is 4.89 Å². The van der Waals surface area contributed by atoms with Crippen LogP contribution < -0.4 is 4.89 Å². The van der Waals surface area contributed by atoms with Crippen molar-refractivity contribution >= 4 is 5.69 Å². The fourth-order valence-electron chi connectivity index (χ4n) is 1.98. The molecular formula is C14H21NO4. The van der Waals surface area contributed by atoms with Gasteiger partial charge >= 0.3 is 0 Å². The fourth-order valence-corrected chi connectivity index (χ4v) is 1.98. The van der Waals surface area contributed by atoms with Crippen molar-refractivity contribution in [3.63, 3.8) is 0 Å². The molecule has 0 saturated heterocycles. The lowest BCUT2D eigenvalue weighted by molar-refractivity contribution is -0.386. The number of rotatable bonds is 2. The lowest BCUT2D eigenvalue weighted by Gasteiger charge is -2.25. The topological polar surface area (TPSA) is 72.6 Å². The maximum Gasteiger partial charge on any atom is 0.276 e. The van der Waals surface area contributed by atoms with Gasteiger partial charge in [0.2, 0.25) is 0 Å². The van der Waals surface area contributed by atoms with Crippen LogP contribution in [-0.4, -0.2) is 10.2 Å². The van der Waals surface area contributed by atoms with Crippen molar-refractivity contribution < 1.29 is 15.1 Å². The van der Waals surface area contributed by atoms with E-state index >= 15 is 0 Å². The zero-order chi connectivity index (χ0) is 15.0. The van der Waals surface area contributed by atoms with Gasteiger partial charge in [0.15, 0.2) is 5.75 Å². The summed E-state index contributed by atoms with van der Waals surface area (Å²) >= 11 is 0. The molecule has 0 saturated carbocycles. The van der Waals surface area contributed by atoms with Crippen LogP contribution in [-0.2, 0) is 10.8 Å². The Balaban J connectivity index is 3.67. The highest BCUT2D eigenvalue weighted by Gasteiger charge is 2.30. The van der Waals surface area contributed by atoms with Crippen LogP contribution in [0.1, 0.15) is 52.7 Å².